The van der Waals surface area contributed by atoms with Gasteiger partial charge in [-0.15, -0.1) is 0 Å². The highest BCUT2D eigenvalue weighted by Gasteiger charge is 2.20. The average Bonchev–Trinajstić information content (AvgIpc) is 2.48. The van der Waals surface area contributed by atoms with E-state index in [9.17, 15) is 4.79 Å². The number of nitrogens with one attached hydrogen (secondary N) is 2. The van der Waals surface area contributed by atoms with Crippen LogP contribution in [0.4, 0.5) is 0 Å². The third kappa shape index (κ3) is 3.96. The number of hydrogen-bond acceptors (Lipinski definition) is 3. The van der Waals surface area contributed by atoms with E-state index in [2.05, 4.69) is 10.6 Å². The van der Waals surface area contributed by atoms with Crippen LogP contribution in [0, 0.1) is 5.92 Å². The molecule has 104 valence electrons. The zero-order valence-corrected chi connectivity index (χ0v) is 11.4. The number of benzene rings is 1. The Morgan fingerprint density at radius 2 is 2.32 bits per heavy atom. The van der Waals surface area contributed by atoms with Crippen molar-refractivity contribution in [3.63, 3.8) is 0 Å². The van der Waals surface area contributed by atoms with Gasteiger partial charge in [-0.25, -0.2) is 0 Å². The summed E-state index contributed by atoms with van der Waals surface area (Å²) in [5.41, 5.74) is 1.13. The largest absolute Gasteiger partial charge is 0.496 e. The molecule has 0 saturated carbocycles. The van der Waals surface area contributed by atoms with Crippen LogP contribution < -0.4 is 15.4 Å². The summed E-state index contributed by atoms with van der Waals surface area (Å²) < 4.78 is 5.30. The molecule has 4 heteroatoms. The first-order valence-electron chi connectivity index (χ1n) is 6.91. The number of carbonyl (C=O) groups is 1. The number of hydrogen-bond donors (Lipinski definition) is 2. The summed E-state index contributed by atoms with van der Waals surface area (Å²) in [6.07, 6.45) is 2.88. The van der Waals surface area contributed by atoms with Gasteiger partial charge in [0.15, 0.2) is 0 Å². The Bertz CT molecular complexity index is 414. The number of carbonyl (C=O) groups excluding carboxylic acids is 1. The first-order chi connectivity index (χ1) is 9.31. The van der Waals surface area contributed by atoms with Gasteiger partial charge in [0.25, 0.3) is 0 Å². The predicted octanol–water partition coefficient (Wildman–Crippen LogP) is 1.35. The molecule has 1 aliphatic heterocycles. The first kappa shape index (κ1) is 13.9. The molecule has 0 unspecified atom stereocenters. The quantitative estimate of drug-likeness (QED) is 0.842. The van der Waals surface area contributed by atoms with Crippen LogP contribution in [0.3, 0.4) is 0 Å². The van der Waals surface area contributed by atoms with Crippen molar-refractivity contribution < 1.29 is 9.53 Å². The highest BCUT2D eigenvalue weighted by atomic mass is 16.5. The fourth-order valence-corrected chi connectivity index (χ4v) is 2.45. The SMILES string of the molecule is COc1ccccc1CCNC(=O)[C@@H]1CCCNC1. The van der Waals surface area contributed by atoms with Gasteiger partial charge in [-0.3, -0.25) is 4.79 Å². The number of para-hydroxylation sites is 1. The molecule has 2 N–H and O–H groups in total. The Hall–Kier alpha value is -1.55. The lowest BCUT2D eigenvalue weighted by Gasteiger charge is -2.21. The zero-order valence-electron chi connectivity index (χ0n) is 11.4. The van der Waals surface area contributed by atoms with Gasteiger partial charge in [0.1, 0.15) is 5.75 Å². The van der Waals surface area contributed by atoms with E-state index in [0.29, 0.717) is 6.54 Å². The van der Waals surface area contributed by atoms with E-state index in [-0.39, 0.29) is 11.8 Å². The lowest BCUT2D eigenvalue weighted by atomic mass is 9.99. The maximum absolute atomic E-state index is 12.0. The zero-order chi connectivity index (χ0) is 13.5. The smallest absolute Gasteiger partial charge is 0.224 e. The Balaban J connectivity index is 1.78. The maximum Gasteiger partial charge on any atom is 0.224 e. The molecule has 2 rings (SSSR count). The molecule has 4 nitrogen and oxygen atoms in total. The first-order valence-corrected chi connectivity index (χ1v) is 6.91. The van der Waals surface area contributed by atoms with Gasteiger partial charge in [-0.05, 0) is 37.4 Å². The molecule has 1 amide bonds. The van der Waals surface area contributed by atoms with Gasteiger partial charge in [0.2, 0.25) is 5.91 Å². The minimum Gasteiger partial charge on any atom is -0.496 e. The summed E-state index contributed by atoms with van der Waals surface area (Å²) in [6, 6.07) is 7.93. The van der Waals surface area contributed by atoms with Crippen molar-refractivity contribution in [1.29, 1.82) is 0 Å². The van der Waals surface area contributed by atoms with Crippen LogP contribution in [0.2, 0.25) is 0 Å². The number of piperidine rings is 1. The molecule has 1 heterocycles. The molecule has 1 saturated heterocycles. The van der Waals surface area contributed by atoms with Crippen molar-refractivity contribution in [2.75, 3.05) is 26.7 Å². The molecule has 1 fully saturated rings. The van der Waals surface area contributed by atoms with E-state index in [1.807, 2.05) is 24.3 Å². The molecule has 19 heavy (non-hydrogen) atoms. The van der Waals surface area contributed by atoms with Crippen molar-refractivity contribution in [1.82, 2.24) is 10.6 Å². The minimum absolute atomic E-state index is 0.131. The lowest BCUT2D eigenvalue weighted by Crippen LogP contribution is -2.41. The van der Waals surface area contributed by atoms with Crippen LogP contribution in [-0.2, 0) is 11.2 Å². The second kappa shape index (κ2) is 7.14. The molecule has 0 spiro atoms. The average molecular weight is 262 g/mol. The highest BCUT2D eigenvalue weighted by Crippen LogP contribution is 2.17. The number of amides is 1. The standard InChI is InChI=1S/C15H22N2O2/c1-19-14-7-3-2-5-12(14)8-10-17-15(18)13-6-4-9-16-11-13/h2-3,5,7,13,16H,4,6,8-11H2,1H3,(H,17,18)/t13-/m1/s1. The molecule has 0 bridgehead atoms. The summed E-state index contributed by atoms with van der Waals surface area (Å²) in [5.74, 6) is 1.18. The van der Waals surface area contributed by atoms with Gasteiger partial charge in [-0.2, -0.15) is 0 Å². The minimum atomic E-state index is 0.131. The van der Waals surface area contributed by atoms with E-state index in [1.54, 1.807) is 7.11 Å². The van der Waals surface area contributed by atoms with Crippen LogP contribution in [0.5, 0.6) is 5.75 Å². The summed E-state index contributed by atoms with van der Waals surface area (Å²) in [4.78, 5) is 12.0. The highest BCUT2D eigenvalue weighted by molar-refractivity contribution is 5.78. The van der Waals surface area contributed by atoms with E-state index in [0.717, 1.165) is 43.7 Å². The molecule has 1 aromatic carbocycles. The summed E-state index contributed by atoms with van der Waals surface area (Å²) >= 11 is 0. The van der Waals surface area contributed by atoms with Crippen molar-refractivity contribution >= 4 is 5.91 Å². The lowest BCUT2D eigenvalue weighted by molar-refractivity contribution is -0.125. The van der Waals surface area contributed by atoms with Crippen LogP contribution >= 0.6 is 0 Å². The van der Waals surface area contributed by atoms with E-state index < -0.39 is 0 Å². The Morgan fingerprint density at radius 1 is 1.47 bits per heavy atom. The number of methoxy groups -OCH3 is 1. The summed E-state index contributed by atoms with van der Waals surface area (Å²) in [7, 11) is 1.67. The van der Waals surface area contributed by atoms with Crippen molar-refractivity contribution in [3.05, 3.63) is 29.8 Å². The Morgan fingerprint density at radius 3 is 3.05 bits per heavy atom. The number of rotatable bonds is 5. The normalized spacial score (nSPS) is 18.9. The summed E-state index contributed by atoms with van der Waals surface area (Å²) in [6.45, 7) is 2.50. The van der Waals surface area contributed by atoms with E-state index >= 15 is 0 Å². The molecular weight excluding hydrogens is 240 g/mol. The maximum atomic E-state index is 12.0. The predicted molar refractivity (Wildman–Crippen MR) is 75.3 cm³/mol. The van der Waals surface area contributed by atoms with E-state index in [1.165, 1.54) is 0 Å². The topological polar surface area (TPSA) is 50.4 Å². The van der Waals surface area contributed by atoms with Gasteiger partial charge < -0.3 is 15.4 Å². The van der Waals surface area contributed by atoms with Crippen LogP contribution in [0.25, 0.3) is 0 Å². The fourth-order valence-electron chi connectivity index (χ4n) is 2.45. The van der Waals surface area contributed by atoms with Gasteiger partial charge in [0, 0.05) is 13.1 Å². The van der Waals surface area contributed by atoms with Crippen LogP contribution in [-0.4, -0.2) is 32.7 Å². The Kier molecular flexibility index (Phi) is 5.21. The monoisotopic (exact) mass is 262 g/mol. The molecule has 1 aromatic rings. The second-order valence-electron chi connectivity index (χ2n) is 4.90. The third-order valence-corrected chi connectivity index (χ3v) is 3.55. The molecule has 0 aliphatic carbocycles. The van der Waals surface area contributed by atoms with Crippen LogP contribution in [0.1, 0.15) is 18.4 Å². The fraction of sp³-hybridized carbons (Fsp3) is 0.533. The van der Waals surface area contributed by atoms with E-state index in [4.69, 9.17) is 4.74 Å². The van der Waals surface area contributed by atoms with Crippen molar-refractivity contribution in [2.45, 2.75) is 19.3 Å². The van der Waals surface area contributed by atoms with Gasteiger partial charge in [-0.1, -0.05) is 18.2 Å². The van der Waals surface area contributed by atoms with Gasteiger partial charge in [0.05, 0.1) is 13.0 Å². The number of ether oxygens (including phenoxy) is 1. The van der Waals surface area contributed by atoms with Crippen LogP contribution in [0.15, 0.2) is 24.3 Å². The molecule has 1 aliphatic rings. The van der Waals surface area contributed by atoms with Gasteiger partial charge >= 0.3 is 0 Å². The third-order valence-electron chi connectivity index (χ3n) is 3.55. The molecular formula is C15H22N2O2. The Labute approximate surface area is 114 Å². The summed E-state index contributed by atoms with van der Waals surface area (Å²) in [5, 5.41) is 6.28. The van der Waals surface area contributed by atoms with Crippen molar-refractivity contribution in [2.24, 2.45) is 5.92 Å². The van der Waals surface area contributed by atoms with Crippen molar-refractivity contribution in [3.8, 4) is 5.75 Å². The molecule has 1 atom stereocenters. The molecule has 0 radical (unpaired) electrons. The molecule has 0 aromatic heterocycles. The second-order valence-corrected chi connectivity index (χ2v) is 4.90.